The average Bonchev–Trinajstić information content (AvgIpc) is 2.89. The number of carboxylic acids is 2. The zero-order valence-corrected chi connectivity index (χ0v) is 20.3. The Morgan fingerprint density at radius 3 is 2.31 bits per heavy atom. The fourth-order valence-electron chi connectivity index (χ4n) is 4.84. The molecule has 0 bridgehead atoms. The summed E-state index contributed by atoms with van der Waals surface area (Å²) < 4.78 is 5.53. The molecule has 194 valence electrons. The monoisotopic (exact) mass is 500 g/mol. The third kappa shape index (κ3) is 7.40. The number of para-hydroxylation sites is 2. The second kappa shape index (κ2) is 12.8. The molecular formula is C25H32N4O7. The number of nitrogens with one attached hydrogen (secondary N) is 1. The molecule has 2 aromatic carbocycles. The minimum Gasteiger partial charge on any atom is -0.539 e. The number of nitro groups is 1. The van der Waals surface area contributed by atoms with Gasteiger partial charge in [-0.3, -0.25) is 15.0 Å². The van der Waals surface area contributed by atoms with Crippen molar-refractivity contribution in [2.45, 2.75) is 25.4 Å². The van der Waals surface area contributed by atoms with E-state index in [4.69, 9.17) is 24.5 Å². The predicted octanol–water partition coefficient (Wildman–Crippen LogP) is -0.206. The number of piperazine rings is 1. The van der Waals surface area contributed by atoms with Crippen molar-refractivity contribution in [1.29, 1.82) is 0 Å². The number of carbonyl (C=O) groups is 2. The van der Waals surface area contributed by atoms with Gasteiger partial charge in [0.2, 0.25) is 0 Å². The number of likely N-dealkylation sites (tertiary alicyclic amines) is 1. The second-order valence-corrected chi connectivity index (χ2v) is 8.87. The van der Waals surface area contributed by atoms with Gasteiger partial charge in [-0.2, -0.15) is 0 Å². The van der Waals surface area contributed by atoms with Gasteiger partial charge in [0.1, 0.15) is 12.3 Å². The average molecular weight is 501 g/mol. The highest BCUT2D eigenvalue weighted by Gasteiger charge is 2.30. The molecule has 0 aliphatic carbocycles. The summed E-state index contributed by atoms with van der Waals surface area (Å²) in [4.78, 5) is 35.3. The molecule has 11 nitrogen and oxygen atoms in total. The highest BCUT2D eigenvalue weighted by atomic mass is 16.6. The summed E-state index contributed by atoms with van der Waals surface area (Å²) in [6.45, 7) is 7.35. The molecule has 0 spiro atoms. The molecule has 2 N–H and O–H groups in total. The molecule has 2 fully saturated rings. The quantitative estimate of drug-likeness (QED) is 0.313. The Kier molecular flexibility index (Phi) is 9.60. The smallest absolute Gasteiger partial charge is 0.351 e. The molecule has 0 aromatic heterocycles. The van der Waals surface area contributed by atoms with Gasteiger partial charge in [-0.05, 0) is 12.1 Å². The van der Waals surface area contributed by atoms with Crippen LogP contribution in [-0.4, -0.2) is 79.3 Å². The number of hydrogen-bond donors (Lipinski definition) is 2. The lowest BCUT2D eigenvalue weighted by Gasteiger charge is -2.42. The van der Waals surface area contributed by atoms with E-state index in [-0.39, 0.29) is 10.6 Å². The topological polar surface area (TPSA) is 141 Å². The van der Waals surface area contributed by atoms with Crippen molar-refractivity contribution < 1.29 is 34.4 Å². The highest BCUT2D eigenvalue weighted by Crippen LogP contribution is 2.29. The summed E-state index contributed by atoms with van der Waals surface area (Å²) in [7, 11) is 1.73. The van der Waals surface area contributed by atoms with Crippen LogP contribution in [0.25, 0.3) is 0 Å². The Morgan fingerprint density at radius 2 is 1.72 bits per heavy atom. The zero-order chi connectivity index (χ0) is 26.1. The molecule has 36 heavy (non-hydrogen) atoms. The Bertz CT molecular complexity index is 1040. The number of ether oxygens (including phenoxy) is 1. The lowest BCUT2D eigenvalue weighted by Crippen LogP contribution is -3.12. The van der Waals surface area contributed by atoms with Crippen molar-refractivity contribution in [3.8, 4) is 5.75 Å². The van der Waals surface area contributed by atoms with Crippen molar-refractivity contribution in [2.24, 2.45) is 0 Å². The Balaban J connectivity index is 0.000000538. The SMILES string of the molecule is COc1ccccc1N1CCN(C2CC[NH+](Cc3cccc([N+](=O)[O-])c3)CC2)CC1.O=C([O-])C(=O)O. The normalized spacial score (nSPS) is 20.1. The number of piperidine rings is 1. The Hall–Kier alpha value is -3.70. The molecule has 2 saturated heterocycles. The van der Waals surface area contributed by atoms with Crippen molar-refractivity contribution >= 4 is 23.3 Å². The minimum atomic E-state index is -2.07. The second-order valence-electron chi connectivity index (χ2n) is 8.87. The number of nitrogens with zero attached hydrogens (tertiary/aromatic N) is 3. The number of methoxy groups -OCH3 is 1. The summed E-state index contributed by atoms with van der Waals surface area (Å²) in [5, 5.41) is 27.3. The summed E-state index contributed by atoms with van der Waals surface area (Å²) in [5.74, 6) is -3.06. The molecule has 2 aliphatic heterocycles. The Labute approximate surface area is 209 Å². The third-order valence-electron chi connectivity index (χ3n) is 6.67. The molecule has 0 amide bonds. The molecule has 0 saturated carbocycles. The predicted molar refractivity (Wildman–Crippen MR) is 130 cm³/mol. The van der Waals surface area contributed by atoms with Gasteiger partial charge in [0, 0.05) is 62.8 Å². The van der Waals surface area contributed by atoms with Gasteiger partial charge in [-0.15, -0.1) is 0 Å². The van der Waals surface area contributed by atoms with Crippen LogP contribution in [0.15, 0.2) is 48.5 Å². The van der Waals surface area contributed by atoms with Gasteiger partial charge < -0.3 is 29.5 Å². The zero-order valence-electron chi connectivity index (χ0n) is 20.3. The standard InChI is InChI=1S/C23H30N4O3.C2H2O4/c1-30-23-8-3-2-7-22(23)26-15-13-25(14-16-26)20-9-11-24(12-10-20)18-19-5-4-6-21(17-19)27(28)29;3-1(4)2(5)6/h2-8,17,20H,9-16,18H2,1H3;(H,3,4)(H,5,6). The van der Waals surface area contributed by atoms with Crippen molar-refractivity contribution in [3.05, 3.63) is 64.2 Å². The number of aliphatic carboxylic acids is 2. The fraction of sp³-hybridized carbons (Fsp3) is 0.440. The van der Waals surface area contributed by atoms with Crippen LogP contribution in [0.3, 0.4) is 0 Å². The van der Waals surface area contributed by atoms with Crippen LogP contribution in [0.5, 0.6) is 5.75 Å². The Morgan fingerprint density at radius 1 is 1.08 bits per heavy atom. The van der Waals surface area contributed by atoms with Crippen LogP contribution in [0.1, 0.15) is 18.4 Å². The van der Waals surface area contributed by atoms with Gasteiger partial charge in [0.15, 0.2) is 5.97 Å². The van der Waals surface area contributed by atoms with E-state index in [1.807, 2.05) is 18.2 Å². The van der Waals surface area contributed by atoms with E-state index in [2.05, 4.69) is 21.9 Å². The molecule has 4 rings (SSSR count). The minimum absolute atomic E-state index is 0.190. The van der Waals surface area contributed by atoms with E-state index in [1.165, 1.54) is 23.4 Å². The molecule has 11 heteroatoms. The number of carboxylic acid groups (broad SMARTS) is 2. The number of non-ortho nitro benzene ring substituents is 1. The van der Waals surface area contributed by atoms with Gasteiger partial charge in [-0.25, -0.2) is 4.79 Å². The molecule has 2 aromatic rings. The molecular weight excluding hydrogens is 468 g/mol. The maximum atomic E-state index is 11.0. The van der Waals surface area contributed by atoms with Crippen molar-refractivity contribution in [1.82, 2.24) is 4.90 Å². The lowest BCUT2D eigenvalue weighted by molar-refractivity contribution is -0.919. The van der Waals surface area contributed by atoms with Crippen LogP contribution < -0.4 is 19.6 Å². The third-order valence-corrected chi connectivity index (χ3v) is 6.67. The van der Waals surface area contributed by atoms with E-state index in [9.17, 15) is 10.1 Å². The van der Waals surface area contributed by atoms with E-state index < -0.39 is 11.9 Å². The molecule has 0 unspecified atom stereocenters. The van der Waals surface area contributed by atoms with E-state index in [0.717, 1.165) is 57.1 Å². The largest absolute Gasteiger partial charge is 0.539 e. The summed E-state index contributed by atoms with van der Waals surface area (Å²) in [5.41, 5.74) is 2.44. The molecule has 0 radical (unpaired) electrons. The first kappa shape index (κ1) is 26.9. The first-order valence-corrected chi connectivity index (χ1v) is 11.9. The maximum absolute atomic E-state index is 11.0. The highest BCUT2D eigenvalue weighted by molar-refractivity contribution is 6.26. The van der Waals surface area contributed by atoms with E-state index >= 15 is 0 Å². The maximum Gasteiger partial charge on any atom is 0.351 e. The van der Waals surface area contributed by atoms with Crippen molar-refractivity contribution in [3.63, 3.8) is 0 Å². The van der Waals surface area contributed by atoms with Gasteiger partial charge in [0.25, 0.3) is 5.69 Å². The molecule has 2 heterocycles. The number of carbonyl (C=O) groups excluding carboxylic acids is 1. The van der Waals surface area contributed by atoms with Crippen LogP contribution >= 0.6 is 0 Å². The number of benzene rings is 2. The van der Waals surface area contributed by atoms with Gasteiger partial charge in [-0.1, -0.05) is 24.3 Å². The van der Waals surface area contributed by atoms with E-state index in [1.54, 1.807) is 25.3 Å². The number of quaternary nitrogens is 1. The summed E-state index contributed by atoms with van der Waals surface area (Å²) in [6.07, 6.45) is 2.39. The molecule has 2 aliphatic rings. The van der Waals surface area contributed by atoms with Crippen molar-refractivity contribution in [2.75, 3.05) is 51.3 Å². The number of nitro benzene ring substituents is 1. The van der Waals surface area contributed by atoms with Crippen LogP contribution in [0.4, 0.5) is 11.4 Å². The van der Waals surface area contributed by atoms with Gasteiger partial charge in [0.05, 0.1) is 30.8 Å². The number of rotatable bonds is 6. The fourth-order valence-corrected chi connectivity index (χ4v) is 4.84. The van der Waals surface area contributed by atoms with E-state index in [0.29, 0.717) is 6.04 Å². The summed E-state index contributed by atoms with van der Waals surface area (Å²) in [6, 6.07) is 16.0. The van der Waals surface area contributed by atoms with Gasteiger partial charge >= 0.3 is 5.97 Å². The molecule has 0 atom stereocenters. The summed E-state index contributed by atoms with van der Waals surface area (Å²) >= 11 is 0. The first-order valence-electron chi connectivity index (χ1n) is 11.9. The number of anilines is 1. The number of hydrogen-bond acceptors (Lipinski definition) is 8. The van der Waals surface area contributed by atoms with Crippen LogP contribution in [0, 0.1) is 10.1 Å². The van der Waals surface area contributed by atoms with Crippen LogP contribution in [0.2, 0.25) is 0 Å². The lowest BCUT2D eigenvalue weighted by atomic mass is 10.0. The first-order chi connectivity index (χ1) is 17.3. The van der Waals surface area contributed by atoms with Crippen LogP contribution in [-0.2, 0) is 16.1 Å².